The van der Waals surface area contributed by atoms with Gasteiger partial charge in [-0.05, 0) is 49.1 Å². The van der Waals surface area contributed by atoms with E-state index in [1.807, 2.05) is 54.6 Å². The van der Waals surface area contributed by atoms with Gasteiger partial charge in [-0.3, -0.25) is 9.36 Å². The Kier molecular flexibility index (Phi) is 5.68. The molecule has 0 atom stereocenters. The van der Waals surface area contributed by atoms with Crippen LogP contribution in [-0.4, -0.2) is 35.4 Å². The summed E-state index contributed by atoms with van der Waals surface area (Å²) in [5.74, 6) is 0.657. The summed E-state index contributed by atoms with van der Waals surface area (Å²) in [5, 5.41) is 11.9. The van der Waals surface area contributed by atoms with Gasteiger partial charge in [0.1, 0.15) is 11.1 Å². The number of carboxylic acid groups (broad SMARTS) is 1. The second-order valence-electron chi connectivity index (χ2n) is 10.3. The van der Waals surface area contributed by atoms with Gasteiger partial charge in [-0.2, -0.15) is 4.98 Å². The van der Waals surface area contributed by atoms with Crippen molar-refractivity contribution in [1.82, 2.24) is 14.9 Å². The molecule has 4 aromatic rings. The van der Waals surface area contributed by atoms with Gasteiger partial charge in [0.25, 0.3) is 5.56 Å². The zero-order valence-electron chi connectivity index (χ0n) is 20.8. The third-order valence-electron chi connectivity index (χ3n) is 7.56. The quantitative estimate of drug-likeness (QED) is 0.327. The molecule has 1 amide bonds. The predicted octanol–water partition coefficient (Wildman–Crippen LogP) is 4.78. The number of fused-ring (bicyclic) bond motifs is 1. The van der Waals surface area contributed by atoms with Crippen LogP contribution >= 0.6 is 0 Å². The summed E-state index contributed by atoms with van der Waals surface area (Å²) >= 11 is 0. The van der Waals surface area contributed by atoms with E-state index in [-0.39, 0.29) is 22.2 Å². The molecule has 0 unspecified atom stereocenters. The summed E-state index contributed by atoms with van der Waals surface area (Å²) in [4.78, 5) is 29.6. The second-order valence-corrected chi connectivity index (χ2v) is 12.2. The summed E-state index contributed by atoms with van der Waals surface area (Å²) in [7, 11) is -3.79. The Labute approximate surface area is 219 Å². The normalized spacial score (nSPS) is 16.8. The van der Waals surface area contributed by atoms with Crippen molar-refractivity contribution in [2.75, 3.05) is 6.26 Å². The van der Waals surface area contributed by atoms with E-state index < -0.39 is 27.0 Å². The lowest BCUT2D eigenvalue weighted by molar-refractivity contribution is 0.144. The summed E-state index contributed by atoms with van der Waals surface area (Å²) in [6, 6.07) is 16.8. The van der Waals surface area contributed by atoms with Crippen molar-refractivity contribution >= 4 is 27.0 Å². The fourth-order valence-electron chi connectivity index (χ4n) is 5.31. The number of aromatic nitrogens is 2. The van der Waals surface area contributed by atoms with Crippen molar-refractivity contribution in [3.8, 4) is 22.5 Å². The van der Waals surface area contributed by atoms with E-state index in [0.29, 0.717) is 23.4 Å². The van der Waals surface area contributed by atoms with E-state index in [4.69, 9.17) is 4.42 Å². The molecule has 2 N–H and O–H groups in total. The first-order valence-corrected chi connectivity index (χ1v) is 14.5. The maximum Gasteiger partial charge on any atom is 0.405 e. The van der Waals surface area contributed by atoms with Gasteiger partial charge in [0.15, 0.2) is 0 Å². The Bertz CT molecular complexity index is 1710. The van der Waals surface area contributed by atoms with Crippen LogP contribution in [0.1, 0.15) is 37.7 Å². The number of carbonyl (C=O) groups is 1. The van der Waals surface area contributed by atoms with Crippen LogP contribution in [0.5, 0.6) is 0 Å². The monoisotopic (exact) mass is 533 g/mol. The Morgan fingerprint density at radius 2 is 1.79 bits per heavy atom. The van der Waals surface area contributed by atoms with Crippen LogP contribution in [0.2, 0.25) is 0 Å². The lowest BCUT2D eigenvalue weighted by Gasteiger charge is -2.42. The molecule has 0 saturated heterocycles. The van der Waals surface area contributed by atoms with Crippen LogP contribution in [0.3, 0.4) is 0 Å². The highest BCUT2D eigenvalue weighted by molar-refractivity contribution is 7.90. The van der Waals surface area contributed by atoms with Crippen molar-refractivity contribution in [2.45, 2.75) is 49.3 Å². The number of furan rings is 1. The molecule has 9 nitrogen and oxygen atoms in total. The summed E-state index contributed by atoms with van der Waals surface area (Å²) in [6.07, 6.45) is 4.25. The lowest BCUT2D eigenvalue weighted by atomic mass is 9.72. The maximum atomic E-state index is 13.9. The molecule has 2 aliphatic carbocycles. The van der Waals surface area contributed by atoms with E-state index in [9.17, 15) is 23.1 Å². The molecular formula is C28H27N3O6S. The minimum absolute atomic E-state index is 0.0246. The molecule has 2 heterocycles. The van der Waals surface area contributed by atoms with Gasteiger partial charge in [0.05, 0.1) is 5.54 Å². The van der Waals surface area contributed by atoms with Gasteiger partial charge in [-0.1, -0.05) is 54.6 Å². The van der Waals surface area contributed by atoms with Gasteiger partial charge in [-0.25, -0.2) is 13.2 Å². The largest absolute Gasteiger partial charge is 0.465 e. The highest BCUT2D eigenvalue weighted by atomic mass is 32.2. The molecule has 2 saturated carbocycles. The van der Waals surface area contributed by atoms with Crippen molar-refractivity contribution in [3.63, 3.8) is 0 Å². The summed E-state index contributed by atoms with van der Waals surface area (Å²) in [5.41, 5.74) is 1.76. The van der Waals surface area contributed by atoms with E-state index in [1.165, 1.54) is 4.57 Å². The highest BCUT2D eigenvalue weighted by Gasteiger charge is 2.40. The van der Waals surface area contributed by atoms with E-state index in [0.717, 1.165) is 49.5 Å². The van der Waals surface area contributed by atoms with Crippen LogP contribution < -0.4 is 10.9 Å². The molecule has 2 fully saturated rings. The zero-order valence-corrected chi connectivity index (χ0v) is 21.6. The van der Waals surface area contributed by atoms with Crippen molar-refractivity contribution in [1.29, 1.82) is 0 Å². The molecule has 6 rings (SSSR count). The number of nitrogens with zero attached hydrogens (tertiary/aromatic N) is 2. The molecule has 2 aliphatic rings. The van der Waals surface area contributed by atoms with Gasteiger partial charge < -0.3 is 14.8 Å². The van der Waals surface area contributed by atoms with Crippen LogP contribution in [0.25, 0.3) is 33.6 Å². The molecule has 196 valence electrons. The average molecular weight is 534 g/mol. The smallest absolute Gasteiger partial charge is 0.405 e. The SMILES string of the molecule is CS(=O)(=O)c1nc2oc(-c3ccc(C4(NC(=O)O)CCC4)cc3)c(-c3ccccc3)c2c(=O)n1CC1CC1. The minimum Gasteiger partial charge on any atom is -0.465 e. The number of benzene rings is 2. The summed E-state index contributed by atoms with van der Waals surface area (Å²) in [6.45, 7) is 0.298. The number of amides is 1. The number of nitrogens with one attached hydrogen (secondary N) is 1. The Hall–Kier alpha value is -3.92. The summed E-state index contributed by atoms with van der Waals surface area (Å²) < 4.78 is 32.7. The molecule has 0 aliphatic heterocycles. The van der Waals surface area contributed by atoms with Gasteiger partial charge in [0, 0.05) is 23.9 Å². The zero-order chi connectivity index (χ0) is 26.7. The predicted molar refractivity (Wildman–Crippen MR) is 142 cm³/mol. The first kappa shape index (κ1) is 24.4. The topological polar surface area (TPSA) is 132 Å². The number of hydrogen-bond donors (Lipinski definition) is 2. The highest BCUT2D eigenvalue weighted by Crippen LogP contribution is 2.43. The lowest BCUT2D eigenvalue weighted by Crippen LogP contribution is -2.50. The minimum atomic E-state index is -3.79. The Balaban J connectivity index is 1.56. The van der Waals surface area contributed by atoms with Crippen LogP contribution in [-0.2, 0) is 21.9 Å². The molecule has 2 aromatic heterocycles. The molecule has 2 aromatic carbocycles. The second kappa shape index (κ2) is 8.83. The van der Waals surface area contributed by atoms with Crippen molar-refractivity contribution in [3.05, 3.63) is 70.5 Å². The number of sulfone groups is 1. The standard InChI is InChI=1S/C28H27N3O6S/c1-38(35,36)26-29-24-22(25(32)31(26)16-17-8-9-17)21(18-6-3-2-4-7-18)23(37-24)19-10-12-20(13-11-19)28(14-5-15-28)30-27(33)34/h2-4,6-7,10-13,17,30H,5,8-9,14-16H2,1H3,(H,33,34). The van der Waals surface area contributed by atoms with Crippen molar-refractivity contribution in [2.24, 2.45) is 5.92 Å². The fraction of sp³-hybridized carbons (Fsp3) is 0.321. The van der Waals surface area contributed by atoms with Gasteiger partial charge in [0.2, 0.25) is 20.7 Å². The molecule has 10 heteroatoms. The number of rotatable bonds is 7. The van der Waals surface area contributed by atoms with E-state index in [1.54, 1.807) is 0 Å². The average Bonchev–Trinajstić information content (AvgIpc) is 3.60. The maximum absolute atomic E-state index is 13.9. The third-order valence-corrected chi connectivity index (χ3v) is 8.54. The molecule has 0 bridgehead atoms. The molecule has 0 spiro atoms. The van der Waals surface area contributed by atoms with Crippen LogP contribution in [0.4, 0.5) is 4.79 Å². The first-order valence-electron chi connectivity index (χ1n) is 12.6. The van der Waals surface area contributed by atoms with Crippen LogP contribution in [0, 0.1) is 5.92 Å². The van der Waals surface area contributed by atoms with Gasteiger partial charge in [-0.15, -0.1) is 0 Å². The van der Waals surface area contributed by atoms with Gasteiger partial charge >= 0.3 is 6.09 Å². The molecule has 0 radical (unpaired) electrons. The fourth-order valence-corrected chi connectivity index (χ4v) is 6.12. The third kappa shape index (κ3) is 4.18. The Morgan fingerprint density at radius 3 is 2.34 bits per heavy atom. The first-order chi connectivity index (χ1) is 18.2. The van der Waals surface area contributed by atoms with E-state index >= 15 is 0 Å². The van der Waals surface area contributed by atoms with Crippen LogP contribution in [0.15, 0.2) is 69.0 Å². The molecule has 38 heavy (non-hydrogen) atoms. The Morgan fingerprint density at radius 1 is 1.11 bits per heavy atom. The van der Waals surface area contributed by atoms with E-state index in [2.05, 4.69) is 10.3 Å². The molecular weight excluding hydrogens is 506 g/mol. The number of hydrogen-bond acceptors (Lipinski definition) is 6. The van der Waals surface area contributed by atoms with Crippen molar-refractivity contribution < 1.29 is 22.7 Å².